The monoisotopic (exact) mass is 416 g/mol. The van der Waals surface area contributed by atoms with Gasteiger partial charge >= 0.3 is 0 Å². The van der Waals surface area contributed by atoms with Gasteiger partial charge in [-0.25, -0.2) is 0 Å². The first kappa shape index (κ1) is 20.1. The van der Waals surface area contributed by atoms with Crippen molar-refractivity contribution in [2.45, 2.75) is 26.7 Å². The van der Waals surface area contributed by atoms with E-state index >= 15 is 0 Å². The molecule has 0 atom stereocenters. The fourth-order valence-electron chi connectivity index (χ4n) is 4.71. The van der Waals surface area contributed by atoms with Gasteiger partial charge in [0, 0.05) is 32.9 Å². The lowest BCUT2D eigenvalue weighted by molar-refractivity contribution is 1.14. The highest BCUT2D eigenvalue weighted by atomic mass is 14.6. The van der Waals surface area contributed by atoms with E-state index in [0.29, 0.717) is 0 Å². The van der Waals surface area contributed by atoms with Crippen molar-refractivity contribution < 1.29 is 0 Å². The van der Waals surface area contributed by atoms with Crippen molar-refractivity contribution in [3.8, 4) is 22.3 Å². The quantitative estimate of drug-likeness (QED) is 0.180. The maximum atomic E-state index is 6.85. The van der Waals surface area contributed by atoms with Gasteiger partial charge < -0.3 is 11.5 Å². The lowest BCUT2D eigenvalue weighted by atomic mass is 9.86. The Hall–Kier alpha value is -3.78. The summed E-state index contributed by atoms with van der Waals surface area (Å²) in [6.07, 6.45) is 2.04. The van der Waals surface area contributed by atoms with E-state index in [9.17, 15) is 0 Å². The van der Waals surface area contributed by atoms with Crippen LogP contribution in [0.3, 0.4) is 0 Å². The zero-order valence-corrected chi connectivity index (χ0v) is 18.7. The minimum atomic E-state index is 0.782. The molecule has 0 heterocycles. The number of rotatable bonds is 4. The van der Waals surface area contributed by atoms with Crippen LogP contribution >= 0.6 is 0 Å². The molecule has 0 aliphatic rings. The molecule has 0 spiro atoms. The molecule has 0 unspecified atom stereocenters. The summed E-state index contributed by atoms with van der Waals surface area (Å²) in [5, 5.41) is 4.04. The topological polar surface area (TPSA) is 52.0 Å². The van der Waals surface area contributed by atoms with Gasteiger partial charge in [0.2, 0.25) is 0 Å². The molecule has 2 heteroatoms. The molecule has 0 bridgehead atoms. The van der Waals surface area contributed by atoms with Crippen LogP contribution in [0.2, 0.25) is 0 Å². The van der Waals surface area contributed by atoms with Gasteiger partial charge in [0.15, 0.2) is 0 Å². The average Bonchev–Trinajstić information content (AvgIpc) is 2.86. The van der Waals surface area contributed by atoms with Gasteiger partial charge in [0.1, 0.15) is 0 Å². The third-order valence-corrected chi connectivity index (χ3v) is 6.60. The summed E-state index contributed by atoms with van der Waals surface area (Å²) in [4.78, 5) is 0. The fourth-order valence-corrected chi connectivity index (χ4v) is 4.71. The summed E-state index contributed by atoms with van der Waals surface area (Å²) in [7, 11) is 0. The summed E-state index contributed by atoms with van der Waals surface area (Å²) in [6.45, 7) is 4.36. The Labute approximate surface area is 189 Å². The van der Waals surface area contributed by atoms with Gasteiger partial charge in [-0.2, -0.15) is 0 Å². The lowest BCUT2D eigenvalue weighted by Crippen LogP contribution is -1.99. The molecule has 4 N–H and O–H groups in total. The molecule has 0 saturated carbocycles. The molecule has 0 aliphatic heterocycles. The number of anilines is 2. The van der Waals surface area contributed by atoms with Gasteiger partial charge in [-0.05, 0) is 46.2 Å². The Bertz CT molecular complexity index is 1430. The number of nitrogen functional groups attached to an aromatic ring is 2. The fraction of sp³-hybridized carbons (Fsp3) is 0.133. The van der Waals surface area contributed by atoms with Crippen LogP contribution in [0, 0.1) is 0 Å². The van der Waals surface area contributed by atoms with Crippen LogP contribution in [-0.2, 0) is 12.8 Å². The molecular weight excluding hydrogens is 388 g/mol. The maximum Gasteiger partial charge on any atom is 0.0481 e. The largest absolute Gasteiger partial charge is 0.398 e. The Morgan fingerprint density at radius 3 is 1.62 bits per heavy atom. The zero-order chi connectivity index (χ0) is 22.2. The maximum absolute atomic E-state index is 6.85. The first-order chi connectivity index (χ1) is 15.6. The van der Waals surface area contributed by atoms with E-state index < -0.39 is 0 Å². The van der Waals surface area contributed by atoms with Crippen molar-refractivity contribution in [2.24, 2.45) is 0 Å². The minimum Gasteiger partial charge on any atom is -0.398 e. The van der Waals surface area contributed by atoms with Gasteiger partial charge in [0.05, 0.1) is 0 Å². The number of aryl methyl sites for hydroxylation is 2. The Morgan fingerprint density at radius 2 is 1.06 bits per heavy atom. The molecule has 5 aromatic rings. The number of hydrogen-bond donors (Lipinski definition) is 2. The first-order valence-corrected chi connectivity index (χ1v) is 11.3. The number of nitrogens with two attached hydrogens (primary N) is 2. The summed E-state index contributed by atoms with van der Waals surface area (Å²) in [5.41, 5.74) is 22.4. The number of fused-ring (bicyclic) bond motifs is 2. The Morgan fingerprint density at radius 1 is 0.531 bits per heavy atom. The average molecular weight is 417 g/mol. The smallest absolute Gasteiger partial charge is 0.0481 e. The van der Waals surface area contributed by atoms with Crippen LogP contribution in [0.5, 0.6) is 0 Å². The van der Waals surface area contributed by atoms with Crippen molar-refractivity contribution in [1.82, 2.24) is 0 Å². The molecule has 0 saturated heterocycles. The molecule has 0 aromatic heterocycles. The standard InChI is InChI=1S/C30H28N2/c1-3-19-9-13-21(14-10-19)23-17-18-26-28(27(23)22-15-11-20(4-2)12-16-22)30(32)25-8-6-5-7-24(25)29(26)31/h5-18H,3-4,31-32H2,1-2H3. The van der Waals surface area contributed by atoms with Crippen molar-refractivity contribution >= 4 is 32.9 Å². The predicted molar refractivity (Wildman–Crippen MR) is 140 cm³/mol. The summed E-state index contributed by atoms with van der Waals surface area (Å²) < 4.78 is 0. The van der Waals surface area contributed by atoms with Crippen molar-refractivity contribution in [2.75, 3.05) is 11.5 Å². The summed E-state index contributed by atoms with van der Waals surface area (Å²) in [6, 6.07) is 30.1. The van der Waals surface area contributed by atoms with E-state index in [4.69, 9.17) is 11.5 Å². The molecule has 5 aromatic carbocycles. The second kappa shape index (κ2) is 8.05. The minimum absolute atomic E-state index is 0.782. The highest BCUT2D eigenvalue weighted by Gasteiger charge is 2.18. The van der Waals surface area contributed by atoms with Gasteiger partial charge in [-0.3, -0.25) is 0 Å². The van der Waals surface area contributed by atoms with Crippen molar-refractivity contribution in [3.63, 3.8) is 0 Å². The van der Waals surface area contributed by atoms with Crippen molar-refractivity contribution in [3.05, 3.63) is 96.1 Å². The van der Waals surface area contributed by atoms with Gasteiger partial charge in [-0.1, -0.05) is 98.8 Å². The van der Waals surface area contributed by atoms with E-state index in [1.807, 2.05) is 18.2 Å². The summed E-state index contributed by atoms with van der Waals surface area (Å²) >= 11 is 0. The third-order valence-electron chi connectivity index (χ3n) is 6.60. The molecule has 0 fully saturated rings. The van der Waals surface area contributed by atoms with Crippen LogP contribution in [0.25, 0.3) is 43.8 Å². The van der Waals surface area contributed by atoms with E-state index in [1.54, 1.807) is 0 Å². The van der Waals surface area contributed by atoms with Gasteiger partial charge in [0.25, 0.3) is 0 Å². The normalized spacial score (nSPS) is 11.3. The number of hydrogen-bond acceptors (Lipinski definition) is 2. The first-order valence-electron chi connectivity index (χ1n) is 11.3. The van der Waals surface area contributed by atoms with Crippen LogP contribution in [0.15, 0.2) is 84.9 Å². The SMILES string of the molecule is CCc1ccc(-c2ccc3c(N)c4ccccc4c(N)c3c2-c2ccc(CC)cc2)cc1. The molecule has 0 aliphatic carbocycles. The van der Waals surface area contributed by atoms with Gasteiger partial charge in [-0.15, -0.1) is 0 Å². The van der Waals surface area contributed by atoms with Crippen molar-refractivity contribution in [1.29, 1.82) is 0 Å². The van der Waals surface area contributed by atoms with E-state index in [2.05, 4.69) is 80.6 Å². The molecule has 2 nitrogen and oxygen atoms in total. The lowest BCUT2D eigenvalue weighted by Gasteiger charge is -2.19. The number of benzene rings is 5. The summed E-state index contributed by atoms with van der Waals surface area (Å²) in [5.74, 6) is 0. The molecule has 5 rings (SSSR count). The molecule has 0 amide bonds. The highest BCUT2D eigenvalue weighted by Crippen LogP contribution is 2.45. The third kappa shape index (κ3) is 3.20. The van der Waals surface area contributed by atoms with Crippen LogP contribution < -0.4 is 11.5 Å². The van der Waals surface area contributed by atoms with E-state index in [-0.39, 0.29) is 0 Å². The second-order valence-corrected chi connectivity index (χ2v) is 8.38. The molecule has 0 radical (unpaired) electrons. The van der Waals surface area contributed by atoms with Crippen LogP contribution in [-0.4, -0.2) is 0 Å². The van der Waals surface area contributed by atoms with E-state index in [0.717, 1.165) is 56.9 Å². The zero-order valence-electron chi connectivity index (χ0n) is 18.7. The Kier molecular flexibility index (Phi) is 5.07. The highest BCUT2D eigenvalue weighted by molar-refractivity contribution is 6.23. The van der Waals surface area contributed by atoms with E-state index in [1.165, 1.54) is 22.3 Å². The van der Waals surface area contributed by atoms with Crippen LogP contribution in [0.1, 0.15) is 25.0 Å². The predicted octanol–water partition coefficient (Wildman–Crippen LogP) is 7.62. The second-order valence-electron chi connectivity index (χ2n) is 8.38. The molecule has 158 valence electrons. The molecular formula is C30H28N2. The Balaban J connectivity index is 1.91. The van der Waals surface area contributed by atoms with Crippen LogP contribution in [0.4, 0.5) is 11.4 Å². The molecule has 32 heavy (non-hydrogen) atoms.